The number of hydrogen-bond acceptors (Lipinski definition) is 6. The summed E-state index contributed by atoms with van der Waals surface area (Å²) >= 11 is 0. The molecule has 0 fully saturated rings. The Labute approximate surface area is 115 Å². The number of benzene rings is 1. The summed E-state index contributed by atoms with van der Waals surface area (Å²) in [5.41, 5.74) is 7.25. The molecule has 0 aliphatic carbocycles. The van der Waals surface area contributed by atoms with Crippen LogP contribution in [0.2, 0.25) is 0 Å². The Morgan fingerprint density at radius 3 is 2.85 bits per heavy atom. The van der Waals surface area contributed by atoms with Crippen molar-refractivity contribution in [2.24, 2.45) is 5.73 Å². The molecule has 0 unspecified atom stereocenters. The fourth-order valence-electron chi connectivity index (χ4n) is 1.84. The van der Waals surface area contributed by atoms with Crippen LogP contribution in [0.15, 0.2) is 41.1 Å². The highest BCUT2D eigenvalue weighted by atomic mass is 16.5. The molecule has 3 rings (SSSR count). The van der Waals surface area contributed by atoms with Crippen molar-refractivity contribution in [2.45, 2.75) is 13.0 Å². The molecule has 2 N–H and O–H groups in total. The van der Waals surface area contributed by atoms with Crippen LogP contribution < -0.4 is 5.73 Å². The van der Waals surface area contributed by atoms with E-state index in [0.29, 0.717) is 31.2 Å². The van der Waals surface area contributed by atoms with Gasteiger partial charge in [0.15, 0.2) is 0 Å². The van der Waals surface area contributed by atoms with E-state index in [1.54, 1.807) is 4.68 Å². The van der Waals surface area contributed by atoms with Gasteiger partial charge in [-0.2, -0.15) is 4.98 Å². The van der Waals surface area contributed by atoms with Crippen LogP contribution in [0.3, 0.4) is 0 Å². The minimum Gasteiger partial charge on any atom is -0.337 e. The van der Waals surface area contributed by atoms with Gasteiger partial charge in [-0.05, 0) is 6.54 Å². The second kappa shape index (κ2) is 5.62. The van der Waals surface area contributed by atoms with Gasteiger partial charge in [0.1, 0.15) is 6.54 Å². The van der Waals surface area contributed by atoms with Crippen LogP contribution in [0.25, 0.3) is 11.4 Å². The standard InChI is InChI=1S/C13H14N6O/c14-7-6-11-8-19(18-16-11)9-12-15-13(17-20-12)10-4-2-1-3-5-10/h1-5,8H,6-7,9,14H2. The molecule has 102 valence electrons. The van der Waals surface area contributed by atoms with E-state index >= 15 is 0 Å². The Kier molecular flexibility index (Phi) is 3.51. The Hall–Kier alpha value is -2.54. The van der Waals surface area contributed by atoms with Crippen molar-refractivity contribution < 1.29 is 4.52 Å². The fourth-order valence-corrected chi connectivity index (χ4v) is 1.84. The second-order valence-corrected chi connectivity index (χ2v) is 4.32. The summed E-state index contributed by atoms with van der Waals surface area (Å²) in [4.78, 5) is 4.34. The zero-order valence-electron chi connectivity index (χ0n) is 10.8. The average molecular weight is 270 g/mol. The lowest BCUT2D eigenvalue weighted by Gasteiger charge is -1.93. The van der Waals surface area contributed by atoms with Gasteiger partial charge in [0.05, 0.1) is 5.69 Å². The van der Waals surface area contributed by atoms with Gasteiger partial charge >= 0.3 is 0 Å². The van der Waals surface area contributed by atoms with Crippen molar-refractivity contribution in [1.82, 2.24) is 25.1 Å². The van der Waals surface area contributed by atoms with E-state index in [1.165, 1.54) is 0 Å². The van der Waals surface area contributed by atoms with Crippen LogP contribution >= 0.6 is 0 Å². The quantitative estimate of drug-likeness (QED) is 0.739. The highest BCUT2D eigenvalue weighted by Crippen LogP contribution is 2.15. The molecule has 0 amide bonds. The van der Waals surface area contributed by atoms with Gasteiger partial charge in [-0.25, -0.2) is 4.68 Å². The van der Waals surface area contributed by atoms with Gasteiger partial charge in [0, 0.05) is 18.2 Å². The first-order valence-electron chi connectivity index (χ1n) is 6.32. The van der Waals surface area contributed by atoms with Gasteiger partial charge in [0.25, 0.3) is 0 Å². The predicted octanol–water partition coefficient (Wildman–Crippen LogP) is 0.878. The molecular formula is C13H14N6O. The number of aromatic nitrogens is 5. The third-order valence-electron chi connectivity index (χ3n) is 2.78. The third kappa shape index (κ3) is 2.72. The van der Waals surface area contributed by atoms with Crippen LogP contribution in [0.4, 0.5) is 0 Å². The molecule has 7 heteroatoms. The van der Waals surface area contributed by atoms with Crippen molar-refractivity contribution in [1.29, 1.82) is 0 Å². The van der Waals surface area contributed by atoms with Crippen molar-refractivity contribution in [3.8, 4) is 11.4 Å². The summed E-state index contributed by atoms with van der Waals surface area (Å²) < 4.78 is 6.88. The van der Waals surface area contributed by atoms with E-state index in [2.05, 4.69) is 20.5 Å². The van der Waals surface area contributed by atoms with E-state index in [-0.39, 0.29) is 0 Å². The maximum Gasteiger partial charge on any atom is 0.248 e. The first-order valence-corrected chi connectivity index (χ1v) is 6.32. The molecule has 0 radical (unpaired) electrons. The number of hydrogen-bond donors (Lipinski definition) is 1. The SMILES string of the molecule is NCCc1cn(Cc2nc(-c3ccccc3)no2)nn1. The van der Waals surface area contributed by atoms with Crippen molar-refractivity contribution in [3.63, 3.8) is 0 Å². The largest absolute Gasteiger partial charge is 0.337 e. The first kappa shape index (κ1) is 12.5. The Balaban J connectivity index is 1.73. The van der Waals surface area contributed by atoms with E-state index in [9.17, 15) is 0 Å². The molecule has 0 spiro atoms. The van der Waals surface area contributed by atoms with Gasteiger partial charge in [0.2, 0.25) is 11.7 Å². The van der Waals surface area contributed by atoms with Crippen LogP contribution in [0.1, 0.15) is 11.6 Å². The minimum atomic E-state index is 0.400. The van der Waals surface area contributed by atoms with Crippen LogP contribution in [0, 0.1) is 0 Å². The molecule has 2 heterocycles. The predicted molar refractivity (Wildman–Crippen MR) is 71.6 cm³/mol. The lowest BCUT2D eigenvalue weighted by Crippen LogP contribution is -2.03. The van der Waals surface area contributed by atoms with E-state index in [4.69, 9.17) is 10.3 Å². The molecule has 0 bridgehead atoms. The molecule has 20 heavy (non-hydrogen) atoms. The molecule has 3 aromatic rings. The Morgan fingerprint density at radius 2 is 2.05 bits per heavy atom. The number of nitrogens with two attached hydrogens (primary N) is 1. The van der Waals surface area contributed by atoms with Gasteiger partial charge in [-0.3, -0.25) is 0 Å². The molecular weight excluding hydrogens is 256 g/mol. The normalized spacial score (nSPS) is 10.8. The van der Waals surface area contributed by atoms with Crippen molar-refractivity contribution >= 4 is 0 Å². The Morgan fingerprint density at radius 1 is 1.20 bits per heavy atom. The van der Waals surface area contributed by atoms with Crippen LogP contribution in [-0.4, -0.2) is 31.7 Å². The number of nitrogens with zero attached hydrogens (tertiary/aromatic N) is 5. The lowest BCUT2D eigenvalue weighted by molar-refractivity contribution is 0.364. The molecule has 0 saturated carbocycles. The van der Waals surface area contributed by atoms with Gasteiger partial charge in [-0.1, -0.05) is 40.7 Å². The van der Waals surface area contributed by atoms with Crippen molar-refractivity contribution in [3.05, 3.63) is 48.1 Å². The summed E-state index contributed by atoms with van der Waals surface area (Å²) in [6.07, 6.45) is 2.54. The summed E-state index contributed by atoms with van der Waals surface area (Å²) in [6, 6.07) is 9.68. The molecule has 0 aliphatic heterocycles. The van der Waals surface area contributed by atoms with Gasteiger partial charge in [-0.15, -0.1) is 5.10 Å². The maximum atomic E-state index is 5.47. The van der Waals surface area contributed by atoms with Crippen LogP contribution in [0.5, 0.6) is 0 Å². The minimum absolute atomic E-state index is 0.400. The van der Waals surface area contributed by atoms with Gasteiger partial charge < -0.3 is 10.3 Å². The van der Waals surface area contributed by atoms with E-state index in [1.807, 2.05) is 36.5 Å². The van der Waals surface area contributed by atoms with Crippen molar-refractivity contribution in [2.75, 3.05) is 6.54 Å². The summed E-state index contributed by atoms with van der Waals surface area (Å²) in [6.45, 7) is 0.953. The molecule has 0 atom stereocenters. The topological polar surface area (TPSA) is 95.7 Å². The highest BCUT2D eigenvalue weighted by molar-refractivity contribution is 5.53. The smallest absolute Gasteiger partial charge is 0.248 e. The first-order chi connectivity index (χ1) is 9.85. The third-order valence-corrected chi connectivity index (χ3v) is 2.78. The fraction of sp³-hybridized carbons (Fsp3) is 0.231. The molecule has 0 aliphatic rings. The average Bonchev–Trinajstić information content (AvgIpc) is 3.11. The summed E-state index contributed by atoms with van der Waals surface area (Å²) in [5, 5.41) is 12.0. The molecule has 1 aromatic carbocycles. The zero-order chi connectivity index (χ0) is 13.8. The van der Waals surface area contributed by atoms with E-state index in [0.717, 1.165) is 11.3 Å². The highest BCUT2D eigenvalue weighted by Gasteiger charge is 2.09. The summed E-state index contributed by atoms with van der Waals surface area (Å²) in [7, 11) is 0. The Bertz CT molecular complexity index is 675. The second-order valence-electron chi connectivity index (χ2n) is 4.32. The molecule has 2 aromatic heterocycles. The lowest BCUT2D eigenvalue weighted by atomic mass is 10.2. The summed E-state index contributed by atoms with van der Waals surface area (Å²) in [5.74, 6) is 1.07. The monoisotopic (exact) mass is 270 g/mol. The zero-order valence-corrected chi connectivity index (χ0v) is 10.8. The molecule has 7 nitrogen and oxygen atoms in total. The maximum absolute atomic E-state index is 5.47. The number of rotatable bonds is 5. The molecule has 0 saturated heterocycles. The van der Waals surface area contributed by atoms with E-state index < -0.39 is 0 Å². The van der Waals surface area contributed by atoms with Crippen LogP contribution in [-0.2, 0) is 13.0 Å².